The first-order valence-corrected chi connectivity index (χ1v) is 9.06. The first-order valence-electron chi connectivity index (χ1n) is 7.62. The van der Waals surface area contributed by atoms with Crippen molar-refractivity contribution < 1.29 is 12.9 Å². The molecule has 9 heteroatoms. The summed E-state index contributed by atoms with van der Waals surface area (Å²) < 4.78 is 33.4. The maximum atomic E-state index is 12.7. The molecule has 0 aromatic carbocycles. The molecule has 1 aliphatic heterocycles. The zero-order valence-corrected chi connectivity index (χ0v) is 14.1. The zero-order chi connectivity index (χ0) is 16.4. The van der Waals surface area contributed by atoms with Gasteiger partial charge in [0.25, 0.3) is 10.0 Å². The number of hydrogen-bond donors (Lipinski definition) is 0. The largest absolute Gasteiger partial charge is 0.364 e. The molecule has 8 nitrogen and oxygen atoms in total. The van der Waals surface area contributed by atoms with Crippen LogP contribution in [0.1, 0.15) is 25.6 Å². The number of hydrogen-bond acceptors (Lipinski definition) is 6. The Hall–Kier alpha value is -1.71. The van der Waals surface area contributed by atoms with Crippen molar-refractivity contribution in [2.24, 2.45) is 0 Å². The minimum absolute atomic E-state index is 0.121. The summed E-state index contributed by atoms with van der Waals surface area (Å²) >= 11 is 0. The van der Waals surface area contributed by atoms with E-state index in [2.05, 4.69) is 15.0 Å². The summed E-state index contributed by atoms with van der Waals surface area (Å²) in [7, 11) is -3.52. The third-order valence-corrected chi connectivity index (χ3v) is 5.77. The molecule has 0 saturated carbocycles. The second kappa shape index (κ2) is 6.42. The Labute approximate surface area is 135 Å². The number of sulfonamides is 1. The molecule has 2 aromatic rings. The molecule has 1 saturated heterocycles. The monoisotopic (exact) mass is 339 g/mol. The highest BCUT2D eigenvalue weighted by atomic mass is 32.2. The predicted molar refractivity (Wildman–Crippen MR) is 83.2 cm³/mol. The van der Waals surface area contributed by atoms with Gasteiger partial charge in [0.15, 0.2) is 5.03 Å². The van der Waals surface area contributed by atoms with Crippen LogP contribution in [0, 0.1) is 0 Å². The van der Waals surface area contributed by atoms with Gasteiger partial charge in [0.05, 0.1) is 12.0 Å². The van der Waals surface area contributed by atoms with E-state index in [9.17, 15) is 8.42 Å². The summed E-state index contributed by atoms with van der Waals surface area (Å²) in [6.07, 6.45) is 4.71. The van der Waals surface area contributed by atoms with Crippen LogP contribution >= 0.6 is 0 Å². The number of nitrogens with zero attached hydrogens (tertiary/aromatic N) is 5. The van der Waals surface area contributed by atoms with Gasteiger partial charge in [-0.2, -0.15) is 4.31 Å². The molecule has 0 amide bonds. The summed E-state index contributed by atoms with van der Waals surface area (Å²) in [5.41, 5.74) is 0.858. The Morgan fingerprint density at radius 1 is 1.26 bits per heavy atom. The molecular weight excluding hydrogens is 318 g/mol. The Bertz CT molecular complexity index is 730. The predicted octanol–water partition coefficient (Wildman–Crippen LogP) is 0.958. The van der Waals surface area contributed by atoms with Crippen molar-refractivity contribution in [1.29, 1.82) is 0 Å². The van der Waals surface area contributed by atoms with Crippen molar-refractivity contribution >= 4 is 10.0 Å². The van der Waals surface area contributed by atoms with E-state index in [1.54, 1.807) is 23.4 Å². The van der Waals surface area contributed by atoms with E-state index in [4.69, 9.17) is 4.52 Å². The number of aromatic nitrogens is 3. The molecule has 23 heavy (non-hydrogen) atoms. The lowest BCUT2D eigenvalue weighted by molar-refractivity contribution is 0.177. The third kappa shape index (κ3) is 3.46. The number of rotatable bonds is 5. The SMILES string of the molecule is CC(C)n1cnc(S(=O)(=O)N2CCN(Cc3ccon3)CC2)c1. The second-order valence-corrected chi connectivity index (χ2v) is 7.81. The van der Waals surface area contributed by atoms with Crippen LogP contribution in [0.15, 0.2) is 34.4 Å². The number of imidazole rings is 1. The Kier molecular flexibility index (Phi) is 4.51. The van der Waals surface area contributed by atoms with Gasteiger partial charge in [-0.3, -0.25) is 4.90 Å². The van der Waals surface area contributed by atoms with Gasteiger partial charge >= 0.3 is 0 Å². The topological polar surface area (TPSA) is 84.5 Å². The maximum absolute atomic E-state index is 12.7. The molecule has 0 N–H and O–H groups in total. The van der Waals surface area contributed by atoms with Crippen LogP contribution in [0.4, 0.5) is 0 Å². The summed E-state index contributed by atoms with van der Waals surface area (Å²) in [6.45, 7) is 6.88. The van der Waals surface area contributed by atoms with Crippen LogP contribution in [0.25, 0.3) is 0 Å². The Morgan fingerprint density at radius 2 is 2.00 bits per heavy atom. The van der Waals surface area contributed by atoms with Gasteiger partial charge in [-0.05, 0) is 13.8 Å². The average Bonchev–Trinajstić information content (AvgIpc) is 3.19. The number of piperazine rings is 1. The van der Waals surface area contributed by atoms with Crippen LogP contribution in [0.3, 0.4) is 0 Å². The summed E-state index contributed by atoms with van der Waals surface area (Å²) in [5, 5.41) is 4.01. The Morgan fingerprint density at radius 3 is 2.57 bits per heavy atom. The molecule has 1 aliphatic rings. The molecule has 0 bridgehead atoms. The standard InChI is InChI=1S/C14H21N5O3S/c1-12(2)18-10-14(15-11-18)23(20,21)19-6-4-17(5-7-19)9-13-3-8-22-16-13/h3,8,10-12H,4-7,9H2,1-2H3. The molecule has 3 rings (SSSR count). The van der Waals surface area contributed by atoms with Crippen LogP contribution in [0.2, 0.25) is 0 Å². The van der Waals surface area contributed by atoms with Crippen LogP contribution in [-0.4, -0.2) is 58.5 Å². The molecule has 1 fully saturated rings. The van der Waals surface area contributed by atoms with Crippen LogP contribution < -0.4 is 0 Å². The fourth-order valence-electron chi connectivity index (χ4n) is 2.54. The van der Waals surface area contributed by atoms with Gasteiger partial charge in [-0.15, -0.1) is 0 Å². The van der Waals surface area contributed by atoms with E-state index in [0.717, 1.165) is 5.69 Å². The molecular formula is C14H21N5O3S. The summed E-state index contributed by atoms with van der Waals surface area (Å²) in [6, 6.07) is 2.01. The Balaban J connectivity index is 1.63. The van der Waals surface area contributed by atoms with Crippen molar-refractivity contribution in [3.63, 3.8) is 0 Å². The van der Waals surface area contributed by atoms with Gasteiger partial charge < -0.3 is 9.09 Å². The molecule has 0 spiro atoms. The summed E-state index contributed by atoms with van der Waals surface area (Å²) in [4.78, 5) is 6.22. The first-order chi connectivity index (χ1) is 11.0. The lowest BCUT2D eigenvalue weighted by atomic mass is 10.3. The normalized spacial score (nSPS) is 17.9. The molecule has 0 aliphatic carbocycles. The molecule has 0 radical (unpaired) electrons. The molecule has 126 valence electrons. The van der Waals surface area contributed by atoms with Crippen molar-refractivity contribution in [2.75, 3.05) is 26.2 Å². The fourth-order valence-corrected chi connectivity index (χ4v) is 3.89. The van der Waals surface area contributed by atoms with E-state index in [-0.39, 0.29) is 11.1 Å². The van der Waals surface area contributed by atoms with Crippen molar-refractivity contribution in [2.45, 2.75) is 31.5 Å². The van der Waals surface area contributed by atoms with Crippen molar-refractivity contribution in [1.82, 2.24) is 23.9 Å². The van der Waals surface area contributed by atoms with E-state index in [0.29, 0.717) is 32.7 Å². The van der Waals surface area contributed by atoms with Crippen molar-refractivity contribution in [3.05, 3.63) is 30.5 Å². The smallest absolute Gasteiger partial charge is 0.262 e. The third-order valence-electron chi connectivity index (χ3n) is 3.99. The van der Waals surface area contributed by atoms with E-state index >= 15 is 0 Å². The van der Waals surface area contributed by atoms with E-state index in [1.807, 2.05) is 19.9 Å². The second-order valence-electron chi connectivity index (χ2n) is 5.92. The van der Waals surface area contributed by atoms with Crippen molar-refractivity contribution in [3.8, 4) is 0 Å². The van der Waals surface area contributed by atoms with Gasteiger partial charge in [0, 0.05) is 51.0 Å². The minimum Gasteiger partial charge on any atom is -0.364 e. The van der Waals surface area contributed by atoms with Gasteiger partial charge in [0.2, 0.25) is 0 Å². The molecule has 2 aromatic heterocycles. The first kappa shape index (κ1) is 16.2. The highest BCUT2D eigenvalue weighted by molar-refractivity contribution is 7.89. The molecule has 0 atom stereocenters. The summed E-state index contributed by atoms with van der Waals surface area (Å²) in [5.74, 6) is 0. The van der Waals surface area contributed by atoms with Gasteiger partial charge in [0.1, 0.15) is 6.26 Å². The molecule has 0 unspecified atom stereocenters. The highest BCUT2D eigenvalue weighted by Crippen LogP contribution is 2.18. The van der Waals surface area contributed by atoms with Crippen LogP contribution in [-0.2, 0) is 16.6 Å². The maximum Gasteiger partial charge on any atom is 0.262 e. The van der Waals surface area contributed by atoms with E-state index < -0.39 is 10.0 Å². The van der Waals surface area contributed by atoms with Crippen LogP contribution in [0.5, 0.6) is 0 Å². The van der Waals surface area contributed by atoms with Gasteiger partial charge in [-0.1, -0.05) is 5.16 Å². The molecule has 3 heterocycles. The lowest BCUT2D eigenvalue weighted by Gasteiger charge is -2.32. The van der Waals surface area contributed by atoms with E-state index in [1.165, 1.54) is 4.31 Å². The lowest BCUT2D eigenvalue weighted by Crippen LogP contribution is -2.48. The minimum atomic E-state index is -3.52. The highest BCUT2D eigenvalue weighted by Gasteiger charge is 2.30. The zero-order valence-electron chi connectivity index (χ0n) is 13.3. The average molecular weight is 339 g/mol. The fraction of sp³-hybridized carbons (Fsp3) is 0.571. The van der Waals surface area contributed by atoms with Gasteiger partial charge in [-0.25, -0.2) is 13.4 Å². The quantitative estimate of drug-likeness (QED) is 0.807.